The van der Waals surface area contributed by atoms with Gasteiger partial charge >= 0.3 is 0 Å². The average molecular weight is 694 g/mol. The molecule has 0 saturated heterocycles. The monoisotopic (exact) mass is 693 g/mol. The van der Waals surface area contributed by atoms with E-state index in [0.717, 1.165) is 28.4 Å². The molecule has 0 N–H and O–H groups in total. The highest BCUT2D eigenvalue weighted by Gasteiger charge is 2.52. The van der Waals surface area contributed by atoms with E-state index in [0.29, 0.717) is 0 Å². The molecule has 53 heavy (non-hydrogen) atoms. The molecular weight excluding hydrogens is 659 g/mol. The van der Waals surface area contributed by atoms with Crippen molar-refractivity contribution >= 4 is 50.6 Å². The second-order valence-electron chi connectivity index (χ2n) is 14.9. The normalized spacial score (nSPS) is 14.5. The number of benzene rings is 7. The van der Waals surface area contributed by atoms with E-state index in [1.807, 2.05) is 0 Å². The Bertz CT molecular complexity index is 2870. The standard InChI is InChI=1S/C49H35N3Si/c1-49(2)39-27-15-12-24-35(39)36-30-31-41-43(44(36)49)37-25-13-16-28-40(37)52(41)48-46-45(50-47(51-48)32-18-6-3-7-19-32)38-26-14-17-29-42(38)53(46,33-20-8-4-9-21-33)34-22-10-5-11-23-34/h3-31H,1-2H3. The number of hydrogen-bond acceptors (Lipinski definition) is 2. The maximum Gasteiger partial charge on any atom is 0.187 e. The Balaban J connectivity index is 1.35. The highest BCUT2D eigenvalue weighted by Crippen LogP contribution is 2.53. The predicted octanol–water partition coefficient (Wildman–Crippen LogP) is 8.90. The molecule has 3 heterocycles. The number of fused-ring (bicyclic) bond motifs is 10. The third kappa shape index (κ3) is 3.99. The third-order valence-electron chi connectivity index (χ3n) is 11.9. The summed E-state index contributed by atoms with van der Waals surface area (Å²) in [4.78, 5) is 11.3. The maximum atomic E-state index is 5.74. The van der Waals surface area contributed by atoms with Gasteiger partial charge in [-0.3, -0.25) is 4.57 Å². The van der Waals surface area contributed by atoms with E-state index < -0.39 is 8.07 Å². The molecule has 4 heteroatoms. The first-order chi connectivity index (χ1) is 26.1. The van der Waals surface area contributed by atoms with Crippen molar-refractivity contribution in [3.05, 3.63) is 187 Å². The molecule has 0 bridgehead atoms. The zero-order chi connectivity index (χ0) is 35.3. The van der Waals surface area contributed by atoms with E-state index in [9.17, 15) is 0 Å². The minimum atomic E-state index is -2.97. The molecule has 0 atom stereocenters. The molecule has 1 aliphatic carbocycles. The Morgan fingerprint density at radius 3 is 1.85 bits per heavy atom. The summed E-state index contributed by atoms with van der Waals surface area (Å²) >= 11 is 0. The van der Waals surface area contributed by atoms with Crippen molar-refractivity contribution in [2.75, 3.05) is 0 Å². The number of aromatic nitrogens is 3. The molecule has 0 amide bonds. The molecule has 9 aromatic rings. The topological polar surface area (TPSA) is 30.7 Å². The first kappa shape index (κ1) is 30.3. The fraction of sp³-hybridized carbons (Fsp3) is 0.0612. The van der Waals surface area contributed by atoms with Crippen LogP contribution in [0.15, 0.2) is 176 Å². The van der Waals surface area contributed by atoms with Crippen LogP contribution in [0.4, 0.5) is 0 Å². The molecule has 0 spiro atoms. The third-order valence-corrected chi connectivity index (χ3v) is 16.7. The van der Waals surface area contributed by atoms with Crippen LogP contribution in [0.1, 0.15) is 25.0 Å². The zero-order valence-corrected chi connectivity index (χ0v) is 30.6. The van der Waals surface area contributed by atoms with Gasteiger partial charge < -0.3 is 0 Å². The number of rotatable bonds is 4. The van der Waals surface area contributed by atoms with Crippen LogP contribution in [-0.4, -0.2) is 22.6 Å². The highest BCUT2D eigenvalue weighted by atomic mass is 28.3. The summed E-state index contributed by atoms with van der Waals surface area (Å²) in [6.45, 7) is 4.77. The van der Waals surface area contributed by atoms with Gasteiger partial charge in [0, 0.05) is 32.5 Å². The van der Waals surface area contributed by atoms with Gasteiger partial charge in [-0.25, -0.2) is 9.97 Å². The predicted molar refractivity (Wildman–Crippen MR) is 222 cm³/mol. The Kier molecular flexibility index (Phi) is 6.32. The van der Waals surface area contributed by atoms with Crippen LogP contribution in [0, 0.1) is 0 Å². The average Bonchev–Trinajstić information content (AvgIpc) is 3.80. The Labute approximate surface area is 309 Å². The lowest BCUT2D eigenvalue weighted by atomic mass is 9.80. The fourth-order valence-corrected chi connectivity index (χ4v) is 14.9. The molecular formula is C49H35N3Si. The Morgan fingerprint density at radius 1 is 0.509 bits per heavy atom. The van der Waals surface area contributed by atoms with Crippen molar-refractivity contribution in [2.45, 2.75) is 19.3 Å². The molecule has 0 saturated carbocycles. The minimum absolute atomic E-state index is 0.175. The lowest BCUT2D eigenvalue weighted by Gasteiger charge is -2.32. The molecule has 0 radical (unpaired) electrons. The van der Waals surface area contributed by atoms with E-state index in [2.05, 4.69) is 194 Å². The summed E-state index contributed by atoms with van der Waals surface area (Å²) in [5, 5.41) is 7.79. The minimum Gasteiger partial charge on any atom is -0.294 e. The summed E-state index contributed by atoms with van der Waals surface area (Å²) in [5.74, 6) is 1.70. The van der Waals surface area contributed by atoms with Gasteiger partial charge in [-0.15, -0.1) is 0 Å². The summed E-state index contributed by atoms with van der Waals surface area (Å²) in [6, 6.07) is 64.4. The van der Waals surface area contributed by atoms with Gasteiger partial charge in [0.05, 0.1) is 16.7 Å². The Hall–Kier alpha value is -6.36. The fourth-order valence-electron chi connectivity index (χ4n) is 9.72. The first-order valence-corrected chi connectivity index (χ1v) is 20.4. The van der Waals surface area contributed by atoms with Crippen LogP contribution in [0.3, 0.4) is 0 Å². The van der Waals surface area contributed by atoms with Gasteiger partial charge in [-0.05, 0) is 49.9 Å². The molecule has 250 valence electrons. The van der Waals surface area contributed by atoms with E-state index in [4.69, 9.17) is 9.97 Å². The smallest absolute Gasteiger partial charge is 0.187 e. The van der Waals surface area contributed by atoms with E-state index >= 15 is 0 Å². The lowest BCUT2D eigenvalue weighted by Crippen LogP contribution is -2.73. The van der Waals surface area contributed by atoms with Crippen LogP contribution < -0.4 is 20.7 Å². The van der Waals surface area contributed by atoms with Gasteiger partial charge in [0.1, 0.15) is 5.82 Å². The van der Waals surface area contributed by atoms with E-state index in [1.54, 1.807) is 0 Å². The second kappa shape index (κ2) is 11.1. The van der Waals surface area contributed by atoms with Crippen molar-refractivity contribution in [1.29, 1.82) is 0 Å². The molecule has 1 aliphatic heterocycles. The van der Waals surface area contributed by atoms with E-state index in [-0.39, 0.29) is 5.41 Å². The van der Waals surface area contributed by atoms with Gasteiger partial charge in [0.25, 0.3) is 0 Å². The van der Waals surface area contributed by atoms with Crippen molar-refractivity contribution in [2.24, 2.45) is 0 Å². The van der Waals surface area contributed by atoms with Crippen molar-refractivity contribution in [3.63, 3.8) is 0 Å². The van der Waals surface area contributed by atoms with Gasteiger partial charge in [0.2, 0.25) is 0 Å². The van der Waals surface area contributed by atoms with Gasteiger partial charge in [-0.2, -0.15) is 0 Å². The quantitative estimate of drug-likeness (QED) is 0.173. The molecule has 0 unspecified atom stereocenters. The summed E-state index contributed by atoms with van der Waals surface area (Å²) < 4.78 is 2.48. The van der Waals surface area contributed by atoms with Crippen molar-refractivity contribution < 1.29 is 0 Å². The van der Waals surface area contributed by atoms with Gasteiger partial charge in [0.15, 0.2) is 13.9 Å². The summed E-state index contributed by atoms with van der Waals surface area (Å²) in [7, 11) is -2.97. The van der Waals surface area contributed by atoms with Crippen LogP contribution in [0.5, 0.6) is 0 Å². The van der Waals surface area contributed by atoms with Crippen molar-refractivity contribution in [1.82, 2.24) is 14.5 Å². The molecule has 11 rings (SSSR count). The summed E-state index contributed by atoms with van der Waals surface area (Å²) in [5.41, 5.74) is 10.8. The Morgan fingerprint density at radius 2 is 1.11 bits per heavy atom. The SMILES string of the molecule is CC1(C)c2ccccc2-c2ccc3c(c21)c1ccccc1n3-c1nc(-c2ccccc2)nc2c1[Si](c1ccccc1)(c1ccccc1)c1ccccc1-2. The molecule has 2 aromatic heterocycles. The first-order valence-electron chi connectivity index (χ1n) is 18.4. The van der Waals surface area contributed by atoms with Crippen LogP contribution in [-0.2, 0) is 5.41 Å². The number of nitrogens with zero attached hydrogens (tertiary/aromatic N) is 3. The lowest BCUT2D eigenvalue weighted by molar-refractivity contribution is 0.666. The van der Waals surface area contributed by atoms with Crippen molar-refractivity contribution in [3.8, 4) is 39.6 Å². The molecule has 3 nitrogen and oxygen atoms in total. The molecule has 2 aliphatic rings. The molecule has 0 fully saturated rings. The highest BCUT2D eigenvalue weighted by molar-refractivity contribution is 7.22. The van der Waals surface area contributed by atoms with Crippen LogP contribution in [0.2, 0.25) is 0 Å². The van der Waals surface area contributed by atoms with E-state index in [1.165, 1.54) is 64.9 Å². The second-order valence-corrected chi connectivity index (χ2v) is 18.6. The molecule has 7 aromatic carbocycles. The zero-order valence-electron chi connectivity index (χ0n) is 29.6. The van der Waals surface area contributed by atoms with Gasteiger partial charge in [-0.1, -0.05) is 178 Å². The van der Waals surface area contributed by atoms with Crippen LogP contribution >= 0.6 is 0 Å². The summed E-state index contributed by atoms with van der Waals surface area (Å²) in [6.07, 6.45) is 0. The van der Waals surface area contributed by atoms with Crippen LogP contribution in [0.25, 0.3) is 61.4 Å². The largest absolute Gasteiger partial charge is 0.294 e. The number of hydrogen-bond donors (Lipinski definition) is 0. The number of para-hydroxylation sites is 1. The maximum absolute atomic E-state index is 5.74.